The Bertz CT molecular complexity index is 1380. The molecule has 2 unspecified atom stereocenters. The number of hydrogen-bond acceptors (Lipinski definition) is 7. The summed E-state index contributed by atoms with van der Waals surface area (Å²) in [5.74, 6) is -1.35. The van der Waals surface area contributed by atoms with Crippen LogP contribution in [-0.2, 0) is 14.4 Å². The van der Waals surface area contributed by atoms with E-state index < -0.39 is 29.6 Å². The number of Topliss-reactive ketones (excluding diaryl/α,β-unsaturated/α-hetero) is 2. The number of H-pyrrole nitrogens is 1. The number of hydrogen-bond donors (Lipinski definition) is 3. The highest BCUT2D eigenvalue weighted by atomic mass is 19.1. The van der Waals surface area contributed by atoms with Gasteiger partial charge in [0.1, 0.15) is 23.3 Å². The third-order valence-corrected chi connectivity index (χ3v) is 6.57. The molecule has 10 heteroatoms. The second-order valence-electron chi connectivity index (χ2n) is 8.62. The van der Waals surface area contributed by atoms with Crippen LogP contribution >= 0.6 is 0 Å². The van der Waals surface area contributed by atoms with Crippen molar-refractivity contribution in [3.05, 3.63) is 54.1 Å². The van der Waals surface area contributed by atoms with E-state index in [0.717, 1.165) is 22.2 Å². The topological polar surface area (TPSA) is 130 Å². The second-order valence-corrected chi connectivity index (χ2v) is 8.62. The predicted molar refractivity (Wildman–Crippen MR) is 127 cm³/mol. The van der Waals surface area contributed by atoms with Crippen molar-refractivity contribution >= 4 is 34.1 Å². The van der Waals surface area contributed by atoms with E-state index in [1.165, 1.54) is 12.1 Å². The lowest BCUT2D eigenvalue weighted by atomic mass is 9.81. The molecule has 0 radical (unpaired) electrons. The van der Waals surface area contributed by atoms with Crippen LogP contribution in [0.4, 0.5) is 4.39 Å². The Morgan fingerprint density at radius 2 is 2.09 bits per heavy atom. The van der Waals surface area contributed by atoms with Crippen LogP contribution in [0.1, 0.15) is 12.1 Å². The van der Waals surface area contributed by atoms with Gasteiger partial charge in [-0.3, -0.25) is 24.6 Å². The third-order valence-electron chi connectivity index (χ3n) is 6.57. The SMILES string of the molecule is COc1ccc(F)cc1-c1ccnc2[nH]c(C3=CCN(C4C(=O)C(=O)C4NCC(N)=O)CC3)cc12. The maximum absolute atomic E-state index is 14.0. The van der Waals surface area contributed by atoms with Gasteiger partial charge in [-0.15, -0.1) is 0 Å². The molecular formula is C25H24FN5O4. The number of carbonyl (C=O) groups excluding carboxylic acids is 3. The molecule has 1 saturated carbocycles. The van der Waals surface area contributed by atoms with Crippen molar-refractivity contribution < 1.29 is 23.5 Å². The zero-order valence-corrected chi connectivity index (χ0v) is 19.0. The quantitative estimate of drug-likeness (QED) is 0.439. The number of ether oxygens (including phenoxy) is 1. The van der Waals surface area contributed by atoms with Crippen molar-refractivity contribution in [3.8, 4) is 16.9 Å². The number of nitrogens with zero attached hydrogens (tertiary/aromatic N) is 2. The molecule has 9 nitrogen and oxygen atoms in total. The largest absolute Gasteiger partial charge is 0.496 e. The van der Waals surface area contributed by atoms with E-state index in [0.29, 0.717) is 36.5 Å². The Balaban J connectivity index is 1.39. The summed E-state index contributed by atoms with van der Waals surface area (Å²) in [6, 6.07) is 6.89. The number of aromatic amines is 1. The number of rotatable bonds is 7. The minimum absolute atomic E-state index is 0.157. The first-order valence-corrected chi connectivity index (χ1v) is 11.2. The fraction of sp³-hybridized carbons (Fsp3) is 0.280. The zero-order valence-electron chi connectivity index (χ0n) is 19.0. The molecule has 1 aromatic carbocycles. The number of methoxy groups -OCH3 is 1. The molecule has 2 aromatic heterocycles. The van der Waals surface area contributed by atoms with Crippen molar-refractivity contribution in [2.45, 2.75) is 18.5 Å². The third kappa shape index (κ3) is 4.11. The molecule has 1 amide bonds. The van der Waals surface area contributed by atoms with Crippen LogP contribution in [0.3, 0.4) is 0 Å². The highest BCUT2D eigenvalue weighted by Gasteiger charge is 2.51. The van der Waals surface area contributed by atoms with Gasteiger partial charge in [0, 0.05) is 35.9 Å². The van der Waals surface area contributed by atoms with E-state index in [4.69, 9.17) is 10.5 Å². The molecule has 2 atom stereocenters. The molecule has 4 N–H and O–H groups in total. The van der Waals surface area contributed by atoms with Crippen molar-refractivity contribution in [2.24, 2.45) is 5.73 Å². The smallest absolute Gasteiger partial charge is 0.231 e. The average molecular weight is 477 g/mol. The fourth-order valence-electron chi connectivity index (χ4n) is 4.80. The summed E-state index contributed by atoms with van der Waals surface area (Å²) in [6.07, 6.45) is 4.32. The monoisotopic (exact) mass is 477 g/mol. The number of halogens is 1. The molecule has 5 rings (SSSR count). The van der Waals surface area contributed by atoms with Crippen LogP contribution in [0.15, 0.2) is 42.6 Å². The highest BCUT2D eigenvalue weighted by molar-refractivity contribution is 6.49. The number of amides is 1. The molecule has 2 aliphatic rings. The molecule has 0 saturated heterocycles. The Kier molecular flexibility index (Phi) is 5.91. The molecule has 0 bridgehead atoms. The summed E-state index contributed by atoms with van der Waals surface area (Å²) in [7, 11) is 1.55. The summed E-state index contributed by atoms with van der Waals surface area (Å²) in [5.41, 5.74) is 9.20. The molecule has 1 aliphatic carbocycles. The van der Waals surface area contributed by atoms with Crippen LogP contribution in [0.2, 0.25) is 0 Å². The number of primary amides is 1. The van der Waals surface area contributed by atoms with Gasteiger partial charge in [-0.25, -0.2) is 9.37 Å². The van der Waals surface area contributed by atoms with Gasteiger partial charge in [0.25, 0.3) is 0 Å². The van der Waals surface area contributed by atoms with Crippen LogP contribution in [0.5, 0.6) is 5.75 Å². The molecule has 180 valence electrons. The number of aromatic nitrogens is 2. The molecule has 35 heavy (non-hydrogen) atoms. The maximum atomic E-state index is 14.0. The maximum Gasteiger partial charge on any atom is 0.231 e. The van der Waals surface area contributed by atoms with E-state index in [2.05, 4.69) is 15.3 Å². The van der Waals surface area contributed by atoms with Gasteiger partial charge in [-0.1, -0.05) is 6.08 Å². The number of ketones is 2. The lowest BCUT2D eigenvalue weighted by molar-refractivity contribution is -0.151. The first-order chi connectivity index (χ1) is 16.9. The summed E-state index contributed by atoms with van der Waals surface area (Å²) >= 11 is 0. The number of benzene rings is 1. The Hall–Kier alpha value is -3.89. The summed E-state index contributed by atoms with van der Waals surface area (Å²) in [4.78, 5) is 45.0. The minimum atomic E-state index is -0.717. The summed E-state index contributed by atoms with van der Waals surface area (Å²) < 4.78 is 19.4. The number of nitrogens with one attached hydrogen (secondary N) is 2. The molecule has 3 aromatic rings. The Morgan fingerprint density at radius 1 is 1.26 bits per heavy atom. The Labute approximate surface area is 200 Å². The van der Waals surface area contributed by atoms with Crippen molar-refractivity contribution in [3.63, 3.8) is 0 Å². The molecule has 0 spiro atoms. The van der Waals surface area contributed by atoms with Gasteiger partial charge in [0.05, 0.1) is 19.7 Å². The van der Waals surface area contributed by atoms with E-state index in [1.807, 2.05) is 23.1 Å². The van der Waals surface area contributed by atoms with E-state index in [1.54, 1.807) is 19.4 Å². The van der Waals surface area contributed by atoms with Crippen molar-refractivity contribution in [1.29, 1.82) is 0 Å². The summed E-state index contributed by atoms with van der Waals surface area (Å²) in [6.45, 7) is 0.883. The normalized spacial score (nSPS) is 20.6. The predicted octanol–water partition coefficient (Wildman–Crippen LogP) is 1.43. The number of pyridine rings is 1. The molecule has 1 aliphatic heterocycles. The second kappa shape index (κ2) is 9.05. The van der Waals surface area contributed by atoms with Crippen LogP contribution in [0.25, 0.3) is 27.7 Å². The van der Waals surface area contributed by atoms with Gasteiger partial charge in [-0.05, 0) is 47.9 Å². The average Bonchev–Trinajstić information content (AvgIpc) is 3.30. The van der Waals surface area contributed by atoms with Gasteiger partial charge in [0.15, 0.2) is 0 Å². The highest BCUT2D eigenvalue weighted by Crippen LogP contribution is 2.37. The number of nitrogens with two attached hydrogens (primary N) is 1. The summed E-state index contributed by atoms with van der Waals surface area (Å²) in [5, 5.41) is 3.62. The van der Waals surface area contributed by atoms with Gasteiger partial charge < -0.3 is 15.5 Å². The van der Waals surface area contributed by atoms with Crippen LogP contribution < -0.4 is 15.8 Å². The minimum Gasteiger partial charge on any atom is -0.496 e. The number of carbonyl (C=O) groups is 3. The lowest BCUT2D eigenvalue weighted by Gasteiger charge is -2.42. The van der Waals surface area contributed by atoms with E-state index in [9.17, 15) is 18.8 Å². The first-order valence-electron chi connectivity index (χ1n) is 11.2. The molecule has 3 heterocycles. The zero-order chi connectivity index (χ0) is 24.7. The number of fused-ring (bicyclic) bond motifs is 1. The standard InChI is InChI=1S/C25H24FN5O4/c1-35-19-3-2-14(26)10-16(19)15-4-7-28-25-17(15)11-18(30-25)13-5-8-31(9-6-13)22-21(23(33)24(22)34)29-12-20(27)32/h2-5,7,10-11,21-22,29H,6,8-9,12H2,1H3,(H2,27,32)(H,28,30). The molecule has 1 fully saturated rings. The van der Waals surface area contributed by atoms with E-state index in [-0.39, 0.29) is 12.4 Å². The molecular weight excluding hydrogens is 453 g/mol. The van der Waals surface area contributed by atoms with Crippen LogP contribution in [0, 0.1) is 5.82 Å². The van der Waals surface area contributed by atoms with Crippen molar-refractivity contribution in [2.75, 3.05) is 26.7 Å². The van der Waals surface area contributed by atoms with Gasteiger partial charge in [0.2, 0.25) is 17.5 Å². The fourth-order valence-corrected chi connectivity index (χ4v) is 4.80. The van der Waals surface area contributed by atoms with Gasteiger partial charge >= 0.3 is 0 Å². The van der Waals surface area contributed by atoms with E-state index >= 15 is 0 Å². The first kappa shape index (κ1) is 22.9. The van der Waals surface area contributed by atoms with Gasteiger partial charge in [-0.2, -0.15) is 0 Å². The van der Waals surface area contributed by atoms with Crippen LogP contribution in [-0.4, -0.2) is 71.2 Å². The lowest BCUT2D eigenvalue weighted by Crippen LogP contribution is -2.71. The Morgan fingerprint density at radius 3 is 2.80 bits per heavy atom. The van der Waals surface area contributed by atoms with Crippen molar-refractivity contribution in [1.82, 2.24) is 20.2 Å².